The second-order valence-electron chi connectivity index (χ2n) is 4.86. The van der Waals surface area contributed by atoms with Crippen LogP contribution in [-0.2, 0) is 4.74 Å². The van der Waals surface area contributed by atoms with E-state index in [0.29, 0.717) is 0 Å². The van der Waals surface area contributed by atoms with Gasteiger partial charge in [0.25, 0.3) is 0 Å². The zero-order valence-corrected chi connectivity index (χ0v) is 13.0. The first-order chi connectivity index (χ1) is 9.74. The topological polar surface area (TPSA) is 29.5 Å². The minimum atomic E-state index is -0.565. The third-order valence-electron chi connectivity index (χ3n) is 3.06. The van der Waals surface area contributed by atoms with Crippen molar-refractivity contribution < 1.29 is 9.84 Å². The maximum atomic E-state index is 9.68. The zero-order valence-electron chi connectivity index (χ0n) is 13.0. The highest BCUT2D eigenvalue weighted by Crippen LogP contribution is 2.09. The summed E-state index contributed by atoms with van der Waals surface area (Å²) in [6, 6.07) is 0. The fourth-order valence-electron chi connectivity index (χ4n) is 1.81. The van der Waals surface area contributed by atoms with Crippen molar-refractivity contribution in [2.75, 3.05) is 7.11 Å². The van der Waals surface area contributed by atoms with Crippen molar-refractivity contribution in [1.29, 1.82) is 0 Å². The Labute approximate surface area is 124 Å². The quantitative estimate of drug-likeness (QED) is 0.374. The molecule has 2 nitrogen and oxygen atoms in total. The van der Waals surface area contributed by atoms with Gasteiger partial charge in [-0.15, -0.1) is 0 Å². The van der Waals surface area contributed by atoms with Crippen LogP contribution < -0.4 is 0 Å². The SMILES string of the molecule is C=C[C@@H](C#CC#C[C@@H](O)CCCCCCCCC)OC. The molecule has 2 heteroatoms. The Morgan fingerprint density at radius 1 is 1.05 bits per heavy atom. The van der Waals surface area contributed by atoms with E-state index in [9.17, 15) is 5.11 Å². The minimum Gasteiger partial charge on any atom is -0.380 e. The summed E-state index contributed by atoms with van der Waals surface area (Å²) < 4.78 is 5.00. The lowest BCUT2D eigenvalue weighted by molar-refractivity contribution is 0.185. The first-order valence-corrected chi connectivity index (χ1v) is 7.59. The maximum Gasteiger partial charge on any atom is 0.136 e. The van der Waals surface area contributed by atoms with Gasteiger partial charge in [0.2, 0.25) is 0 Å². The molecular weight excluding hydrogens is 248 g/mol. The van der Waals surface area contributed by atoms with Crippen LogP contribution in [0.3, 0.4) is 0 Å². The minimum absolute atomic E-state index is 0.287. The summed E-state index contributed by atoms with van der Waals surface area (Å²) in [6.45, 7) is 5.82. The van der Waals surface area contributed by atoms with Crippen molar-refractivity contribution in [3.8, 4) is 23.7 Å². The second kappa shape index (κ2) is 14.2. The number of rotatable bonds is 10. The molecule has 2 atom stereocenters. The Balaban J connectivity index is 3.68. The highest BCUT2D eigenvalue weighted by Gasteiger charge is 1.98. The summed E-state index contributed by atoms with van der Waals surface area (Å²) in [5.41, 5.74) is 0. The van der Waals surface area contributed by atoms with Crippen molar-refractivity contribution in [1.82, 2.24) is 0 Å². The van der Waals surface area contributed by atoms with Crippen molar-refractivity contribution in [3.05, 3.63) is 12.7 Å². The molecule has 0 aromatic rings. The molecule has 0 saturated carbocycles. The van der Waals surface area contributed by atoms with E-state index in [2.05, 4.69) is 37.2 Å². The third kappa shape index (κ3) is 11.8. The lowest BCUT2D eigenvalue weighted by Gasteiger charge is -2.03. The molecule has 0 aromatic heterocycles. The molecule has 0 spiro atoms. The van der Waals surface area contributed by atoms with E-state index in [-0.39, 0.29) is 6.10 Å². The zero-order chi connectivity index (χ0) is 15.1. The molecule has 0 radical (unpaired) electrons. The van der Waals surface area contributed by atoms with Crippen LogP contribution in [0.5, 0.6) is 0 Å². The lowest BCUT2D eigenvalue weighted by atomic mass is 10.1. The van der Waals surface area contributed by atoms with E-state index in [1.165, 1.54) is 38.5 Å². The van der Waals surface area contributed by atoms with E-state index >= 15 is 0 Å². The molecule has 0 unspecified atom stereocenters. The average molecular weight is 276 g/mol. The first kappa shape index (κ1) is 18.8. The maximum absolute atomic E-state index is 9.68. The summed E-state index contributed by atoms with van der Waals surface area (Å²) in [5, 5.41) is 9.68. The van der Waals surface area contributed by atoms with E-state index in [1.54, 1.807) is 13.2 Å². The molecule has 20 heavy (non-hydrogen) atoms. The standard InChI is InChI=1S/C18H28O2/c1-4-6-7-8-9-10-11-14-17(19)15-12-13-16-18(5-2)20-3/h5,17-19H,2,4,6-11,14H2,1,3H3/t17-,18-/m0/s1. The van der Waals surface area contributed by atoms with Crippen LogP contribution in [0.2, 0.25) is 0 Å². The van der Waals surface area contributed by atoms with E-state index in [1.807, 2.05) is 0 Å². The highest BCUT2D eigenvalue weighted by atomic mass is 16.5. The monoisotopic (exact) mass is 276 g/mol. The summed E-state index contributed by atoms with van der Waals surface area (Å²) >= 11 is 0. The van der Waals surface area contributed by atoms with Gasteiger partial charge in [-0.25, -0.2) is 0 Å². The number of methoxy groups -OCH3 is 1. The summed E-state index contributed by atoms with van der Waals surface area (Å²) in [5.74, 6) is 10.9. The Morgan fingerprint density at radius 3 is 2.25 bits per heavy atom. The van der Waals surface area contributed by atoms with Gasteiger partial charge in [0.05, 0.1) is 0 Å². The molecule has 0 fully saturated rings. The van der Waals surface area contributed by atoms with Crippen LogP contribution >= 0.6 is 0 Å². The van der Waals surface area contributed by atoms with Crippen molar-refractivity contribution >= 4 is 0 Å². The molecular formula is C18H28O2. The summed E-state index contributed by atoms with van der Waals surface area (Å²) in [6.07, 6.45) is 10.2. The average Bonchev–Trinajstić information content (AvgIpc) is 2.46. The summed E-state index contributed by atoms with van der Waals surface area (Å²) in [7, 11) is 1.57. The van der Waals surface area contributed by atoms with E-state index in [4.69, 9.17) is 4.74 Å². The molecule has 1 N–H and O–H groups in total. The van der Waals surface area contributed by atoms with Crippen LogP contribution in [0.1, 0.15) is 58.3 Å². The van der Waals surface area contributed by atoms with Gasteiger partial charge >= 0.3 is 0 Å². The van der Waals surface area contributed by atoms with Crippen molar-refractivity contribution in [2.24, 2.45) is 0 Å². The van der Waals surface area contributed by atoms with Gasteiger partial charge in [-0.3, -0.25) is 0 Å². The van der Waals surface area contributed by atoms with Gasteiger partial charge in [0.15, 0.2) is 0 Å². The summed E-state index contributed by atoms with van der Waals surface area (Å²) in [4.78, 5) is 0. The first-order valence-electron chi connectivity index (χ1n) is 7.59. The number of aliphatic hydroxyl groups is 1. The van der Waals surface area contributed by atoms with Crippen LogP contribution in [0.4, 0.5) is 0 Å². The molecule has 0 aromatic carbocycles. The molecule has 0 aliphatic rings. The Hall–Kier alpha value is -1.22. The Kier molecular flexibility index (Phi) is 13.3. The van der Waals surface area contributed by atoms with Crippen LogP contribution in [-0.4, -0.2) is 24.4 Å². The van der Waals surface area contributed by atoms with Gasteiger partial charge in [-0.05, 0) is 24.7 Å². The predicted molar refractivity (Wildman–Crippen MR) is 85.2 cm³/mol. The normalized spacial score (nSPS) is 12.6. The fourth-order valence-corrected chi connectivity index (χ4v) is 1.81. The molecule has 0 bridgehead atoms. The Bertz CT molecular complexity index is 351. The third-order valence-corrected chi connectivity index (χ3v) is 3.06. The lowest BCUT2D eigenvalue weighted by Crippen LogP contribution is -2.02. The van der Waals surface area contributed by atoms with Crippen LogP contribution in [0, 0.1) is 23.7 Å². The number of hydrogen-bond donors (Lipinski definition) is 1. The van der Waals surface area contributed by atoms with Crippen molar-refractivity contribution in [2.45, 2.75) is 70.5 Å². The highest BCUT2D eigenvalue weighted by molar-refractivity contribution is 5.29. The Morgan fingerprint density at radius 2 is 1.65 bits per heavy atom. The van der Waals surface area contributed by atoms with Gasteiger partial charge in [0, 0.05) is 7.11 Å². The van der Waals surface area contributed by atoms with Gasteiger partial charge in [0.1, 0.15) is 12.2 Å². The number of unbranched alkanes of at least 4 members (excludes halogenated alkanes) is 6. The van der Waals surface area contributed by atoms with E-state index in [0.717, 1.165) is 12.8 Å². The largest absolute Gasteiger partial charge is 0.380 e. The molecule has 0 amide bonds. The number of aliphatic hydroxyl groups excluding tert-OH is 1. The molecule has 0 rings (SSSR count). The van der Waals surface area contributed by atoms with Gasteiger partial charge in [-0.2, -0.15) is 0 Å². The van der Waals surface area contributed by atoms with Crippen LogP contribution in [0.15, 0.2) is 12.7 Å². The molecule has 0 aliphatic heterocycles. The smallest absolute Gasteiger partial charge is 0.136 e. The van der Waals surface area contributed by atoms with Crippen LogP contribution in [0.25, 0.3) is 0 Å². The van der Waals surface area contributed by atoms with Crippen molar-refractivity contribution in [3.63, 3.8) is 0 Å². The van der Waals surface area contributed by atoms with Gasteiger partial charge < -0.3 is 9.84 Å². The molecule has 0 aliphatic carbocycles. The molecule has 0 heterocycles. The van der Waals surface area contributed by atoms with Gasteiger partial charge in [-0.1, -0.05) is 69.9 Å². The fraction of sp³-hybridized carbons (Fsp3) is 0.667. The molecule has 0 saturated heterocycles. The number of hydrogen-bond acceptors (Lipinski definition) is 2. The number of ether oxygens (including phenoxy) is 1. The molecule has 112 valence electrons. The van der Waals surface area contributed by atoms with E-state index < -0.39 is 6.10 Å². The predicted octanol–water partition coefficient (Wildman–Crippen LogP) is 3.70. The second-order valence-corrected chi connectivity index (χ2v) is 4.86.